The number of hydrogen-bond donors (Lipinski definition) is 3. The minimum atomic E-state index is -0.756. The Kier molecular flexibility index (Phi) is 7.77. The molecule has 4 atom stereocenters. The molecule has 1 aliphatic carbocycles. The number of aliphatic hydroxyl groups excluding tert-OH is 2. The Hall–Kier alpha value is -0.940. The normalized spacial score (nSPS) is 29.5. The minimum absolute atomic E-state index is 0.0224. The highest BCUT2D eigenvalue weighted by atomic mass is 16.4. The third-order valence-corrected chi connectivity index (χ3v) is 4.32. The maximum absolute atomic E-state index is 10.5. The maximum Gasteiger partial charge on any atom is 0.303 e. The Morgan fingerprint density at radius 3 is 2.20 bits per heavy atom. The molecule has 0 aliphatic heterocycles. The van der Waals surface area contributed by atoms with Gasteiger partial charge in [-0.1, -0.05) is 19.3 Å². The second-order valence-corrected chi connectivity index (χ2v) is 5.79. The van der Waals surface area contributed by atoms with E-state index in [2.05, 4.69) is 0 Å². The first kappa shape index (κ1) is 17.1. The molecule has 1 aliphatic rings. The molecule has 0 aromatic rings. The summed E-state index contributed by atoms with van der Waals surface area (Å²) in [6, 6.07) is 0. The largest absolute Gasteiger partial charge is 0.481 e. The summed E-state index contributed by atoms with van der Waals surface area (Å²) in [5.74, 6) is -0.660. The number of carboxylic acid groups (broad SMARTS) is 1. The van der Waals surface area contributed by atoms with E-state index in [1.54, 1.807) is 0 Å². The van der Waals surface area contributed by atoms with Gasteiger partial charge >= 0.3 is 5.97 Å². The number of rotatable bonds is 10. The maximum atomic E-state index is 10.5. The molecule has 5 heteroatoms. The smallest absolute Gasteiger partial charge is 0.303 e. The molecular formula is C15H26O5. The molecule has 0 saturated heterocycles. The van der Waals surface area contributed by atoms with Gasteiger partial charge in [-0.05, 0) is 37.5 Å². The van der Waals surface area contributed by atoms with Gasteiger partial charge in [-0.25, -0.2) is 0 Å². The number of aliphatic hydroxyl groups is 2. The molecule has 0 bridgehead atoms. The van der Waals surface area contributed by atoms with Crippen molar-refractivity contribution in [2.24, 2.45) is 11.8 Å². The molecule has 0 aromatic carbocycles. The quantitative estimate of drug-likeness (QED) is 0.420. The molecule has 0 radical (unpaired) electrons. The zero-order valence-corrected chi connectivity index (χ0v) is 11.9. The topological polar surface area (TPSA) is 94.8 Å². The van der Waals surface area contributed by atoms with Gasteiger partial charge in [0.05, 0.1) is 12.2 Å². The van der Waals surface area contributed by atoms with Crippen molar-refractivity contribution in [3.63, 3.8) is 0 Å². The van der Waals surface area contributed by atoms with Crippen molar-refractivity contribution in [2.75, 3.05) is 0 Å². The number of carboxylic acids is 1. The summed E-state index contributed by atoms with van der Waals surface area (Å²) in [5, 5.41) is 28.4. The van der Waals surface area contributed by atoms with Crippen molar-refractivity contribution in [2.45, 2.75) is 70.0 Å². The van der Waals surface area contributed by atoms with Crippen LogP contribution in [0.4, 0.5) is 0 Å². The summed E-state index contributed by atoms with van der Waals surface area (Å²) in [5.41, 5.74) is 0. The first-order chi connectivity index (χ1) is 9.56. The Labute approximate surface area is 120 Å². The van der Waals surface area contributed by atoms with E-state index in [1.807, 2.05) is 0 Å². The van der Waals surface area contributed by atoms with E-state index < -0.39 is 18.2 Å². The van der Waals surface area contributed by atoms with Gasteiger partial charge in [0.25, 0.3) is 0 Å². The highest BCUT2D eigenvalue weighted by molar-refractivity contribution is 5.66. The summed E-state index contributed by atoms with van der Waals surface area (Å²) >= 11 is 0. The van der Waals surface area contributed by atoms with Crippen LogP contribution in [0.3, 0.4) is 0 Å². The molecule has 0 heterocycles. The van der Waals surface area contributed by atoms with Crippen molar-refractivity contribution < 1.29 is 24.9 Å². The Balaban J connectivity index is 2.25. The van der Waals surface area contributed by atoms with E-state index in [9.17, 15) is 19.8 Å². The molecule has 4 unspecified atom stereocenters. The minimum Gasteiger partial charge on any atom is -0.481 e. The van der Waals surface area contributed by atoms with Gasteiger partial charge in [-0.3, -0.25) is 4.79 Å². The molecule has 0 aromatic heterocycles. The zero-order valence-electron chi connectivity index (χ0n) is 11.9. The fourth-order valence-corrected chi connectivity index (χ4v) is 3.25. The van der Waals surface area contributed by atoms with Gasteiger partial charge in [0.2, 0.25) is 0 Å². The first-order valence-corrected chi connectivity index (χ1v) is 7.57. The van der Waals surface area contributed by atoms with Crippen molar-refractivity contribution >= 4 is 12.3 Å². The van der Waals surface area contributed by atoms with Crippen molar-refractivity contribution in [3.05, 3.63) is 0 Å². The van der Waals surface area contributed by atoms with Gasteiger partial charge in [-0.2, -0.15) is 0 Å². The molecule has 20 heavy (non-hydrogen) atoms. The van der Waals surface area contributed by atoms with E-state index in [-0.39, 0.29) is 18.3 Å². The number of unbranched alkanes of at least 4 members (excludes halogenated alkanes) is 3. The number of hydrogen-bond acceptors (Lipinski definition) is 4. The van der Waals surface area contributed by atoms with Gasteiger partial charge in [0.15, 0.2) is 0 Å². The number of aldehydes is 1. The van der Waals surface area contributed by atoms with Crippen LogP contribution in [-0.2, 0) is 9.59 Å². The van der Waals surface area contributed by atoms with Crippen LogP contribution < -0.4 is 0 Å². The molecule has 1 rings (SSSR count). The summed E-state index contributed by atoms with van der Waals surface area (Å²) in [7, 11) is 0. The van der Waals surface area contributed by atoms with Crippen LogP contribution >= 0.6 is 0 Å². The van der Waals surface area contributed by atoms with Crippen LogP contribution in [0.2, 0.25) is 0 Å². The van der Waals surface area contributed by atoms with Crippen molar-refractivity contribution in [1.82, 2.24) is 0 Å². The van der Waals surface area contributed by atoms with Crippen LogP contribution in [-0.4, -0.2) is 39.8 Å². The van der Waals surface area contributed by atoms with Gasteiger partial charge in [0, 0.05) is 12.8 Å². The highest BCUT2D eigenvalue weighted by Gasteiger charge is 2.40. The second kappa shape index (κ2) is 9.08. The monoisotopic (exact) mass is 286 g/mol. The van der Waals surface area contributed by atoms with E-state index in [0.717, 1.165) is 32.0 Å². The SMILES string of the molecule is O=CCCC1C(O)CC(O)C1CCCCCCC(=O)O. The van der Waals surface area contributed by atoms with E-state index >= 15 is 0 Å². The lowest BCUT2D eigenvalue weighted by Gasteiger charge is -2.22. The lowest BCUT2D eigenvalue weighted by molar-refractivity contribution is -0.137. The second-order valence-electron chi connectivity index (χ2n) is 5.79. The molecule has 0 spiro atoms. The molecule has 1 fully saturated rings. The number of carbonyl (C=O) groups excluding carboxylic acids is 1. The lowest BCUT2D eigenvalue weighted by Crippen LogP contribution is -2.22. The van der Waals surface area contributed by atoms with E-state index in [0.29, 0.717) is 25.7 Å². The van der Waals surface area contributed by atoms with Crippen LogP contribution in [0.5, 0.6) is 0 Å². The molecule has 116 valence electrons. The summed E-state index contributed by atoms with van der Waals surface area (Å²) in [4.78, 5) is 20.8. The van der Waals surface area contributed by atoms with Crippen LogP contribution in [0.15, 0.2) is 0 Å². The Morgan fingerprint density at radius 2 is 1.60 bits per heavy atom. The van der Waals surface area contributed by atoms with Gasteiger partial charge in [-0.15, -0.1) is 0 Å². The molecule has 3 N–H and O–H groups in total. The lowest BCUT2D eigenvalue weighted by atomic mass is 9.85. The molecule has 1 saturated carbocycles. The summed E-state index contributed by atoms with van der Waals surface area (Å²) < 4.78 is 0. The highest BCUT2D eigenvalue weighted by Crippen LogP contribution is 2.38. The summed E-state index contributed by atoms with van der Waals surface area (Å²) in [6.45, 7) is 0. The van der Waals surface area contributed by atoms with Crippen molar-refractivity contribution in [3.8, 4) is 0 Å². The zero-order chi connectivity index (χ0) is 15.0. The average molecular weight is 286 g/mol. The molecule has 0 amide bonds. The van der Waals surface area contributed by atoms with Gasteiger partial charge in [0.1, 0.15) is 6.29 Å². The predicted octanol–water partition coefficient (Wildman–Crippen LogP) is 1.75. The standard InChI is InChI=1S/C15H26O5/c16-9-5-7-12-11(13(17)10-14(12)18)6-3-1-2-4-8-15(19)20/h9,11-14,17-18H,1-8,10H2,(H,19,20). The van der Waals surface area contributed by atoms with Crippen LogP contribution in [0.1, 0.15) is 57.8 Å². The van der Waals surface area contributed by atoms with E-state index in [1.165, 1.54) is 0 Å². The van der Waals surface area contributed by atoms with Gasteiger partial charge < -0.3 is 20.1 Å². The van der Waals surface area contributed by atoms with E-state index in [4.69, 9.17) is 5.11 Å². The average Bonchev–Trinajstić information content (AvgIpc) is 2.65. The molecule has 5 nitrogen and oxygen atoms in total. The van der Waals surface area contributed by atoms with Crippen LogP contribution in [0.25, 0.3) is 0 Å². The number of carbonyl (C=O) groups is 2. The third kappa shape index (κ3) is 5.59. The predicted molar refractivity (Wildman–Crippen MR) is 74.2 cm³/mol. The fourth-order valence-electron chi connectivity index (χ4n) is 3.25. The first-order valence-electron chi connectivity index (χ1n) is 7.57. The summed E-state index contributed by atoms with van der Waals surface area (Å²) in [6.07, 6.45) is 5.90. The number of aliphatic carboxylic acids is 1. The third-order valence-electron chi connectivity index (χ3n) is 4.32. The Bertz CT molecular complexity index is 305. The Morgan fingerprint density at radius 1 is 1.00 bits per heavy atom. The molecular weight excluding hydrogens is 260 g/mol. The van der Waals surface area contributed by atoms with Crippen molar-refractivity contribution in [1.29, 1.82) is 0 Å². The fraction of sp³-hybridized carbons (Fsp3) is 0.867. The van der Waals surface area contributed by atoms with Crippen LogP contribution in [0, 0.1) is 11.8 Å².